The smallest absolute Gasteiger partial charge is 0.322 e. The Hall–Kier alpha value is -2.27. The van der Waals surface area contributed by atoms with E-state index in [0.717, 1.165) is 16.9 Å². The van der Waals surface area contributed by atoms with Crippen LogP contribution in [0.3, 0.4) is 0 Å². The van der Waals surface area contributed by atoms with Crippen LogP contribution in [0.5, 0.6) is 0 Å². The molecule has 1 amide bonds. The summed E-state index contributed by atoms with van der Waals surface area (Å²) in [7, 11) is -3.68. The third-order valence-corrected chi connectivity index (χ3v) is 8.14. The van der Waals surface area contributed by atoms with Crippen LogP contribution in [0.15, 0.2) is 51.1 Å². The Kier molecular flexibility index (Phi) is 5.68. The second kappa shape index (κ2) is 8.23. The number of hydrogen-bond acceptors (Lipinski definition) is 7. The van der Waals surface area contributed by atoms with Crippen LogP contribution in [0.2, 0.25) is 4.34 Å². The Labute approximate surface area is 176 Å². The summed E-state index contributed by atoms with van der Waals surface area (Å²) in [6, 6.07) is 12.2. The minimum Gasteiger partial charge on any atom is -0.403 e. The van der Waals surface area contributed by atoms with E-state index in [1.54, 1.807) is 6.07 Å². The minimum atomic E-state index is -3.68. The number of carbonyl (C=O) groups excluding carboxylic acids is 1. The normalized spacial score (nSPS) is 17.9. The average Bonchev–Trinajstić information content (AvgIpc) is 3.38. The fraction of sp³-hybridized carbons (Fsp3) is 0.278. The number of anilines is 1. The Balaban J connectivity index is 1.44. The van der Waals surface area contributed by atoms with Gasteiger partial charge in [-0.05, 0) is 37.1 Å². The topological polar surface area (TPSA) is 105 Å². The first-order valence-corrected chi connectivity index (χ1v) is 11.5. The van der Waals surface area contributed by atoms with Gasteiger partial charge in [-0.1, -0.05) is 34.9 Å². The highest BCUT2D eigenvalue weighted by atomic mass is 35.5. The first-order chi connectivity index (χ1) is 13.9. The number of carbonyl (C=O) groups is 1. The maximum atomic E-state index is 12.8. The molecule has 152 valence electrons. The summed E-state index contributed by atoms with van der Waals surface area (Å²) in [5.74, 6) is -0.568. The monoisotopic (exact) mass is 452 g/mol. The highest BCUT2D eigenvalue weighted by Gasteiger charge is 2.34. The van der Waals surface area contributed by atoms with Gasteiger partial charge >= 0.3 is 6.01 Å². The van der Waals surface area contributed by atoms with E-state index in [1.807, 2.05) is 30.3 Å². The Morgan fingerprint density at radius 3 is 2.72 bits per heavy atom. The predicted octanol–water partition coefficient (Wildman–Crippen LogP) is 3.49. The van der Waals surface area contributed by atoms with Gasteiger partial charge in [0.1, 0.15) is 4.21 Å². The number of sulfonamides is 1. The summed E-state index contributed by atoms with van der Waals surface area (Å²) in [6.07, 6.45) is 1.15. The van der Waals surface area contributed by atoms with E-state index < -0.39 is 15.9 Å². The lowest BCUT2D eigenvalue weighted by Gasteiger charge is -2.30. The van der Waals surface area contributed by atoms with E-state index in [-0.39, 0.29) is 22.7 Å². The van der Waals surface area contributed by atoms with Crippen LogP contribution in [0.4, 0.5) is 6.01 Å². The summed E-state index contributed by atoms with van der Waals surface area (Å²) in [5.41, 5.74) is 0.741. The van der Waals surface area contributed by atoms with Gasteiger partial charge in [-0.3, -0.25) is 10.1 Å². The number of benzene rings is 1. The SMILES string of the molecule is O=C(Nc1nnc(-c2ccccc2)o1)C1CCCN(S(=O)(=O)c2ccc(Cl)s2)C1. The molecule has 11 heteroatoms. The third-order valence-electron chi connectivity index (χ3n) is 4.57. The molecule has 3 aromatic rings. The molecule has 1 saturated heterocycles. The molecule has 0 saturated carbocycles. The Morgan fingerprint density at radius 1 is 1.21 bits per heavy atom. The van der Waals surface area contributed by atoms with Crippen LogP contribution in [-0.4, -0.2) is 41.9 Å². The number of aromatic nitrogens is 2. The van der Waals surface area contributed by atoms with E-state index in [9.17, 15) is 13.2 Å². The maximum absolute atomic E-state index is 12.8. The highest BCUT2D eigenvalue weighted by molar-refractivity contribution is 7.91. The van der Waals surface area contributed by atoms with E-state index in [2.05, 4.69) is 15.5 Å². The first kappa shape index (κ1) is 20.0. The molecule has 2 aromatic heterocycles. The lowest BCUT2D eigenvalue weighted by atomic mass is 9.99. The predicted molar refractivity (Wildman–Crippen MR) is 109 cm³/mol. The van der Waals surface area contributed by atoms with Gasteiger partial charge in [-0.15, -0.1) is 16.4 Å². The number of rotatable bonds is 5. The van der Waals surface area contributed by atoms with Crippen molar-refractivity contribution in [1.29, 1.82) is 0 Å². The van der Waals surface area contributed by atoms with Gasteiger partial charge in [0.05, 0.1) is 10.3 Å². The van der Waals surface area contributed by atoms with E-state index in [0.29, 0.717) is 29.6 Å². The van der Waals surface area contributed by atoms with Crippen LogP contribution in [0, 0.1) is 5.92 Å². The second-order valence-corrected chi connectivity index (χ2v) is 10.4. The van der Waals surface area contributed by atoms with Gasteiger partial charge in [-0.25, -0.2) is 8.42 Å². The van der Waals surface area contributed by atoms with Crippen LogP contribution in [-0.2, 0) is 14.8 Å². The van der Waals surface area contributed by atoms with Crippen molar-refractivity contribution < 1.29 is 17.6 Å². The van der Waals surface area contributed by atoms with Crippen molar-refractivity contribution in [3.63, 3.8) is 0 Å². The summed E-state index contributed by atoms with van der Waals surface area (Å²) in [6.45, 7) is 0.448. The molecule has 1 fully saturated rings. The molecule has 1 aliphatic rings. The summed E-state index contributed by atoms with van der Waals surface area (Å²) < 4.78 is 33.0. The van der Waals surface area contributed by atoms with Crippen molar-refractivity contribution in [3.8, 4) is 11.5 Å². The fourth-order valence-electron chi connectivity index (χ4n) is 3.12. The van der Waals surface area contributed by atoms with Crippen molar-refractivity contribution in [2.24, 2.45) is 5.92 Å². The molecule has 1 unspecified atom stereocenters. The maximum Gasteiger partial charge on any atom is 0.322 e. The molecule has 29 heavy (non-hydrogen) atoms. The molecule has 3 heterocycles. The molecule has 0 radical (unpaired) electrons. The zero-order valence-corrected chi connectivity index (χ0v) is 17.5. The lowest BCUT2D eigenvalue weighted by Crippen LogP contribution is -2.43. The number of amides is 1. The lowest BCUT2D eigenvalue weighted by molar-refractivity contribution is -0.121. The molecular formula is C18H17ClN4O4S2. The first-order valence-electron chi connectivity index (χ1n) is 8.89. The molecule has 8 nitrogen and oxygen atoms in total. The van der Waals surface area contributed by atoms with Gasteiger partial charge in [0.25, 0.3) is 10.0 Å². The molecule has 0 aliphatic carbocycles. The van der Waals surface area contributed by atoms with Crippen LogP contribution in [0.25, 0.3) is 11.5 Å². The van der Waals surface area contributed by atoms with Gasteiger partial charge in [0.15, 0.2) is 0 Å². The third kappa shape index (κ3) is 4.35. The van der Waals surface area contributed by atoms with Crippen molar-refractivity contribution >= 4 is 44.9 Å². The number of nitrogens with zero attached hydrogens (tertiary/aromatic N) is 3. The molecule has 1 N–H and O–H groups in total. The standard InChI is InChI=1S/C18H17ClN4O4S2/c19-14-8-9-15(28-14)29(25,26)23-10-4-7-13(11-23)16(24)20-18-22-21-17(27-18)12-5-2-1-3-6-12/h1-3,5-6,8-9,13H,4,7,10-11H2,(H,20,22,24). The second-order valence-electron chi connectivity index (χ2n) is 6.53. The molecule has 1 atom stereocenters. The van der Waals surface area contributed by atoms with Crippen LogP contribution >= 0.6 is 22.9 Å². The fourth-order valence-corrected chi connectivity index (χ4v) is 6.28. The summed E-state index contributed by atoms with van der Waals surface area (Å²) in [5, 5.41) is 10.4. The average molecular weight is 453 g/mol. The molecule has 0 bridgehead atoms. The zero-order valence-electron chi connectivity index (χ0n) is 15.1. The van der Waals surface area contributed by atoms with E-state index >= 15 is 0 Å². The van der Waals surface area contributed by atoms with E-state index in [4.69, 9.17) is 16.0 Å². The van der Waals surface area contributed by atoms with E-state index in [1.165, 1.54) is 10.4 Å². The quantitative estimate of drug-likeness (QED) is 0.635. The minimum absolute atomic E-state index is 0.0149. The Bertz CT molecular complexity index is 1110. The molecule has 1 aliphatic heterocycles. The number of piperidine rings is 1. The van der Waals surface area contributed by atoms with Crippen LogP contribution in [0.1, 0.15) is 12.8 Å². The molecule has 1 aromatic carbocycles. The van der Waals surface area contributed by atoms with Crippen molar-refractivity contribution in [3.05, 3.63) is 46.8 Å². The number of nitrogens with one attached hydrogen (secondary N) is 1. The molecular weight excluding hydrogens is 436 g/mol. The zero-order chi connectivity index (χ0) is 20.4. The van der Waals surface area contributed by atoms with Crippen LogP contribution < -0.4 is 5.32 Å². The van der Waals surface area contributed by atoms with Gasteiger partial charge in [-0.2, -0.15) is 4.31 Å². The largest absolute Gasteiger partial charge is 0.403 e. The summed E-state index contributed by atoms with van der Waals surface area (Å²) in [4.78, 5) is 12.6. The number of thiophene rings is 1. The highest BCUT2D eigenvalue weighted by Crippen LogP contribution is 2.31. The molecule has 0 spiro atoms. The Morgan fingerprint density at radius 2 is 2.00 bits per heavy atom. The van der Waals surface area contributed by atoms with Gasteiger partial charge in [0.2, 0.25) is 11.8 Å². The summed E-state index contributed by atoms with van der Waals surface area (Å²) >= 11 is 6.87. The van der Waals surface area contributed by atoms with Crippen molar-refractivity contribution in [2.75, 3.05) is 18.4 Å². The molecule has 4 rings (SSSR count). The van der Waals surface area contributed by atoms with Crippen molar-refractivity contribution in [2.45, 2.75) is 17.1 Å². The van der Waals surface area contributed by atoms with Gasteiger partial charge < -0.3 is 4.42 Å². The number of hydrogen-bond donors (Lipinski definition) is 1. The van der Waals surface area contributed by atoms with Crippen molar-refractivity contribution in [1.82, 2.24) is 14.5 Å². The number of halogens is 1. The van der Waals surface area contributed by atoms with Gasteiger partial charge in [0, 0.05) is 18.7 Å².